The first-order chi connectivity index (χ1) is 9.95. The van der Waals surface area contributed by atoms with E-state index in [0.29, 0.717) is 13.2 Å². The Kier molecular flexibility index (Phi) is 5.04. The Balaban J connectivity index is 2.02. The van der Waals surface area contributed by atoms with Crippen molar-refractivity contribution in [1.82, 2.24) is 0 Å². The Labute approximate surface area is 127 Å². The summed E-state index contributed by atoms with van der Waals surface area (Å²) in [6.45, 7) is 9.35. The highest BCUT2D eigenvalue weighted by molar-refractivity contribution is 5.73. The van der Waals surface area contributed by atoms with Crippen molar-refractivity contribution in [2.45, 2.75) is 46.8 Å². The van der Waals surface area contributed by atoms with E-state index in [9.17, 15) is 4.79 Å². The fourth-order valence-electron chi connectivity index (χ4n) is 3.48. The van der Waals surface area contributed by atoms with Gasteiger partial charge in [0, 0.05) is 0 Å². The van der Waals surface area contributed by atoms with Gasteiger partial charge in [0.2, 0.25) is 0 Å². The summed E-state index contributed by atoms with van der Waals surface area (Å²) in [5, 5.41) is 0. The molecule has 3 atom stereocenters. The summed E-state index contributed by atoms with van der Waals surface area (Å²) < 4.78 is 11.4. The lowest BCUT2D eigenvalue weighted by molar-refractivity contribution is -0.150. The standard InChI is InChI=1S/C18H26O3/c1-5-20-17(19)15-11-18(3,4)16(13(15)2)21-12-14-9-7-6-8-10-14/h6-10,13,15-16H,5,11-12H2,1-4H3/t13-,15+,16-/m0/s1. The maximum Gasteiger partial charge on any atom is 0.309 e. The van der Waals surface area contributed by atoms with Crippen molar-refractivity contribution >= 4 is 5.97 Å². The topological polar surface area (TPSA) is 35.5 Å². The molecule has 0 aromatic heterocycles. The maximum atomic E-state index is 12.1. The maximum absolute atomic E-state index is 12.1. The number of ether oxygens (including phenoxy) is 2. The van der Waals surface area contributed by atoms with Crippen LogP contribution in [0.1, 0.15) is 39.7 Å². The van der Waals surface area contributed by atoms with Crippen LogP contribution in [-0.4, -0.2) is 18.7 Å². The van der Waals surface area contributed by atoms with Gasteiger partial charge >= 0.3 is 5.97 Å². The number of rotatable bonds is 5. The molecule has 1 aromatic carbocycles. The van der Waals surface area contributed by atoms with Crippen molar-refractivity contribution in [2.24, 2.45) is 17.3 Å². The molecule has 0 saturated heterocycles. The average molecular weight is 290 g/mol. The number of carbonyl (C=O) groups is 1. The molecule has 2 rings (SSSR count). The predicted molar refractivity (Wildman–Crippen MR) is 82.7 cm³/mol. The van der Waals surface area contributed by atoms with Gasteiger partial charge < -0.3 is 9.47 Å². The molecule has 1 aliphatic rings. The van der Waals surface area contributed by atoms with E-state index in [1.54, 1.807) is 0 Å². The third-order valence-electron chi connectivity index (χ3n) is 4.49. The minimum atomic E-state index is -0.0797. The fraction of sp³-hybridized carbons (Fsp3) is 0.611. The summed E-state index contributed by atoms with van der Waals surface area (Å²) in [6, 6.07) is 10.2. The molecular weight excluding hydrogens is 264 g/mol. The minimum absolute atomic E-state index is 0.00831. The number of benzene rings is 1. The summed E-state index contributed by atoms with van der Waals surface area (Å²) in [5.41, 5.74) is 1.16. The van der Waals surface area contributed by atoms with Crippen LogP contribution >= 0.6 is 0 Å². The lowest BCUT2D eigenvalue weighted by Gasteiger charge is -2.29. The first-order valence-electron chi connectivity index (χ1n) is 7.78. The second kappa shape index (κ2) is 6.61. The van der Waals surface area contributed by atoms with Crippen LogP contribution in [0.25, 0.3) is 0 Å². The van der Waals surface area contributed by atoms with Crippen LogP contribution in [0.4, 0.5) is 0 Å². The third-order valence-corrected chi connectivity index (χ3v) is 4.49. The van der Waals surface area contributed by atoms with Crippen molar-refractivity contribution < 1.29 is 14.3 Å². The van der Waals surface area contributed by atoms with E-state index in [-0.39, 0.29) is 29.3 Å². The summed E-state index contributed by atoms with van der Waals surface area (Å²) in [6.07, 6.45) is 0.902. The molecule has 0 amide bonds. The largest absolute Gasteiger partial charge is 0.466 e. The molecule has 0 radical (unpaired) electrons. The average Bonchev–Trinajstić information content (AvgIpc) is 2.68. The highest BCUT2D eigenvalue weighted by Gasteiger charge is 2.50. The Morgan fingerprint density at radius 3 is 2.57 bits per heavy atom. The molecule has 0 spiro atoms. The normalized spacial score (nSPS) is 27.5. The van der Waals surface area contributed by atoms with Gasteiger partial charge in [0.15, 0.2) is 0 Å². The van der Waals surface area contributed by atoms with Crippen molar-refractivity contribution in [2.75, 3.05) is 6.61 Å². The quantitative estimate of drug-likeness (QED) is 0.773. The van der Waals surface area contributed by atoms with Crippen LogP contribution in [0.15, 0.2) is 30.3 Å². The molecule has 3 heteroatoms. The van der Waals surface area contributed by atoms with Crippen LogP contribution in [0.5, 0.6) is 0 Å². The van der Waals surface area contributed by atoms with Crippen molar-refractivity contribution in [3.8, 4) is 0 Å². The molecule has 1 saturated carbocycles. The van der Waals surface area contributed by atoms with Crippen LogP contribution in [0.3, 0.4) is 0 Å². The van der Waals surface area contributed by atoms with Gasteiger partial charge in [-0.25, -0.2) is 0 Å². The van der Waals surface area contributed by atoms with E-state index in [0.717, 1.165) is 6.42 Å². The summed E-state index contributed by atoms with van der Waals surface area (Å²) in [7, 11) is 0. The lowest BCUT2D eigenvalue weighted by Crippen LogP contribution is -2.31. The first kappa shape index (κ1) is 16.0. The summed E-state index contributed by atoms with van der Waals surface area (Å²) >= 11 is 0. The van der Waals surface area contributed by atoms with Gasteiger partial charge in [-0.3, -0.25) is 4.79 Å². The number of esters is 1. The zero-order valence-corrected chi connectivity index (χ0v) is 13.5. The van der Waals surface area contributed by atoms with E-state index in [1.165, 1.54) is 5.56 Å². The number of hydrogen-bond donors (Lipinski definition) is 0. The molecule has 0 heterocycles. The van der Waals surface area contributed by atoms with Gasteiger partial charge in [0.1, 0.15) is 0 Å². The molecule has 1 aromatic rings. The molecule has 1 aliphatic carbocycles. The molecular formula is C18H26O3. The van der Waals surface area contributed by atoms with Crippen LogP contribution in [0.2, 0.25) is 0 Å². The van der Waals surface area contributed by atoms with Gasteiger partial charge in [-0.05, 0) is 30.2 Å². The van der Waals surface area contributed by atoms with Crippen LogP contribution in [-0.2, 0) is 20.9 Å². The van der Waals surface area contributed by atoms with Crippen LogP contribution < -0.4 is 0 Å². The lowest BCUT2D eigenvalue weighted by atomic mass is 9.87. The molecule has 0 bridgehead atoms. The van der Waals surface area contributed by atoms with Crippen molar-refractivity contribution in [3.05, 3.63) is 35.9 Å². The molecule has 116 valence electrons. The van der Waals surface area contributed by atoms with E-state index in [4.69, 9.17) is 9.47 Å². The van der Waals surface area contributed by atoms with E-state index >= 15 is 0 Å². The monoisotopic (exact) mass is 290 g/mol. The summed E-state index contributed by atoms with van der Waals surface area (Å²) in [4.78, 5) is 12.1. The van der Waals surface area contributed by atoms with Gasteiger partial charge in [-0.1, -0.05) is 51.1 Å². The van der Waals surface area contributed by atoms with Gasteiger partial charge in [0.25, 0.3) is 0 Å². The molecule has 3 nitrogen and oxygen atoms in total. The zero-order chi connectivity index (χ0) is 15.5. The predicted octanol–water partition coefficient (Wildman–Crippen LogP) is 3.82. The fourth-order valence-corrected chi connectivity index (χ4v) is 3.48. The van der Waals surface area contributed by atoms with Gasteiger partial charge in [0.05, 0.1) is 25.2 Å². The summed E-state index contributed by atoms with van der Waals surface area (Å²) in [5.74, 6) is 0.0485. The SMILES string of the molecule is CCOC(=O)[C@@H]1CC(C)(C)[C@@H](OCc2ccccc2)[C@H]1C. The number of carbonyl (C=O) groups excluding carboxylic acids is 1. The van der Waals surface area contributed by atoms with E-state index in [1.807, 2.05) is 25.1 Å². The van der Waals surface area contributed by atoms with E-state index in [2.05, 4.69) is 32.9 Å². The Morgan fingerprint density at radius 2 is 1.95 bits per heavy atom. The van der Waals surface area contributed by atoms with Crippen molar-refractivity contribution in [1.29, 1.82) is 0 Å². The minimum Gasteiger partial charge on any atom is -0.466 e. The van der Waals surface area contributed by atoms with Crippen LogP contribution in [0, 0.1) is 17.3 Å². The second-order valence-corrected chi connectivity index (χ2v) is 6.63. The van der Waals surface area contributed by atoms with E-state index < -0.39 is 0 Å². The van der Waals surface area contributed by atoms with Gasteiger partial charge in [-0.15, -0.1) is 0 Å². The smallest absolute Gasteiger partial charge is 0.309 e. The molecule has 1 fully saturated rings. The second-order valence-electron chi connectivity index (χ2n) is 6.63. The molecule has 0 aliphatic heterocycles. The zero-order valence-electron chi connectivity index (χ0n) is 13.5. The number of hydrogen-bond acceptors (Lipinski definition) is 3. The molecule has 0 N–H and O–H groups in total. The Morgan fingerprint density at radius 1 is 1.29 bits per heavy atom. The third kappa shape index (κ3) is 3.65. The van der Waals surface area contributed by atoms with Crippen molar-refractivity contribution in [3.63, 3.8) is 0 Å². The van der Waals surface area contributed by atoms with Gasteiger partial charge in [-0.2, -0.15) is 0 Å². The molecule has 21 heavy (non-hydrogen) atoms. The highest BCUT2D eigenvalue weighted by atomic mass is 16.5. The first-order valence-corrected chi connectivity index (χ1v) is 7.78. The molecule has 0 unspecified atom stereocenters. The Hall–Kier alpha value is -1.35. The Bertz CT molecular complexity index is 467. The highest BCUT2D eigenvalue weighted by Crippen LogP contribution is 2.47.